The molecule has 1 atom stereocenters. The molecule has 0 radical (unpaired) electrons. The fourth-order valence-corrected chi connectivity index (χ4v) is 0.898. The van der Waals surface area contributed by atoms with Gasteiger partial charge in [-0.25, -0.2) is 0 Å². The lowest BCUT2D eigenvalue weighted by atomic mass is 10.3. The van der Waals surface area contributed by atoms with Crippen LogP contribution < -0.4 is 0 Å². The molecule has 0 aromatic rings. The van der Waals surface area contributed by atoms with Gasteiger partial charge in [-0.05, 0) is 0 Å². The van der Waals surface area contributed by atoms with E-state index < -0.39 is 12.1 Å². The van der Waals surface area contributed by atoms with E-state index in [1.807, 2.05) is 21.1 Å². The van der Waals surface area contributed by atoms with Crippen LogP contribution in [0.3, 0.4) is 0 Å². The lowest BCUT2D eigenvalue weighted by Gasteiger charge is -2.25. The van der Waals surface area contributed by atoms with E-state index in [4.69, 9.17) is 10.2 Å². The second kappa shape index (κ2) is 3.69. The van der Waals surface area contributed by atoms with Crippen molar-refractivity contribution in [2.24, 2.45) is 0 Å². The van der Waals surface area contributed by atoms with E-state index in [1.54, 1.807) is 0 Å². The molecule has 0 aromatic heterocycles. The average molecular weight is 163 g/mol. The zero-order valence-corrected chi connectivity index (χ0v) is 7.24. The molecule has 0 fully saturated rings. The van der Waals surface area contributed by atoms with Gasteiger partial charge in [0.1, 0.15) is 12.6 Å². The van der Waals surface area contributed by atoms with Gasteiger partial charge in [-0.2, -0.15) is 0 Å². The summed E-state index contributed by atoms with van der Waals surface area (Å²) < 4.78 is 0.578. The maximum atomic E-state index is 10.1. The number of aliphatic carboxylic acids is 1. The Labute approximate surface area is 66.6 Å². The van der Waals surface area contributed by atoms with Crippen LogP contribution in [-0.2, 0) is 4.79 Å². The van der Waals surface area contributed by atoms with Gasteiger partial charge in [-0.1, -0.05) is 0 Å². The Morgan fingerprint density at radius 2 is 1.91 bits per heavy atom. The Morgan fingerprint density at radius 3 is 2.18 bits per heavy atom. The molecular weight excluding hydrogens is 147 g/mol. The predicted octanol–water partition coefficient (Wildman–Crippen LogP) is -0.472. The van der Waals surface area contributed by atoms with E-state index >= 15 is 0 Å². The summed E-state index contributed by atoms with van der Waals surface area (Å²) in [6.45, 7) is 0.465. The number of rotatable bonds is 4. The van der Waals surface area contributed by atoms with Crippen molar-refractivity contribution in [2.45, 2.75) is 12.5 Å². The summed E-state index contributed by atoms with van der Waals surface area (Å²) in [6.07, 6.45) is -0.914. The van der Waals surface area contributed by atoms with Crippen LogP contribution in [0.2, 0.25) is 0 Å². The van der Waals surface area contributed by atoms with Crippen LogP contribution in [0.4, 0.5) is 0 Å². The second-order valence-corrected chi connectivity index (χ2v) is 3.72. The third-order valence-electron chi connectivity index (χ3n) is 1.17. The lowest BCUT2D eigenvalue weighted by molar-refractivity contribution is -0.873. The minimum Gasteiger partial charge on any atom is -0.481 e. The maximum absolute atomic E-state index is 10.1. The summed E-state index contributed by atoms with van der Waals surface area (Å²) in [5.74, 6) is -0.953. The summed E-state index contributed by atoms with van der Waals surface area (Å²) >= 11 is 0. The Kier molecular flexibility index (Phi) is 3.48. The number of carboxylic acids is 1. The van der Waals surface area contributed by atoms with Crippen molar-refractivity contribution >= 4 is 5.97 Å². The third-order valence-corrected chi connectivity index (χ3v) is 1.17. The van der Waals surface area contributed by atoms with Crippen molar-refractivity contribution in [1.29, 1.82) is 0 Å². The first-order valence-corrected chi connectivity index (χ1v) is 3.51. The minimum absolute atomic E-state index is 0.171. The molecule has 0 unspecified atom stereocenters. The van der Waals surface area contributed by atoms with E-state index in [-0.39, 0.29) is 6.42 Å². The molecule has 66 valence electrons. The molecule has 0 bridgehead atoms. The summed E-state index contributed by atoms with van der Waals surface area (Å²) in [6, 6.07) is 0. The molecule has 0 heterocycles. The van der Waals surface area contributed by atoms with Crippen molar-refractivity contribution in [2.75, 3.05) is 27.7 Å². The van der Waals surface area contributed by atoms with Crippen molar-refractivity contribution in [3.63, 3.8) is 0 Å². The first-order valence-electron chi connectivity index (χ1n) is 3.51. The van der Waals surface area contributed by atoms with E-state index in [1.165, 1.54) is 0 Å². The molecule has 0 amide bonds. The highest BCUT2D eigenvalue weighted by Gasteiger charge is 2.17. The fraction of sp³-hybridized carbons (Fsp3) is 0.857. The predicted molar refractivity (Wildman–Crippen MR) is 41.2 cm³/mol. The molecule has 0 saturated carbocycles. The molecule has 0 aliphatic heterocycles. The number of aliphatic hydroxyl groups excluding tert-OH is 1. The molecule has 0 aliphatic rings. The van der Waals surface area contributed by atoms with Gasteiger partial charge >= 0.3 is 5.97 Å². The third kappa shape index (κ3) is 7.29. The van der Waals surface area contributed by atoms with Crippen LogP contribution in [0, 0.1) is 0 Å². The Balaban J connectivity index is 3.69. The lowest BCUT2D eigenvalue weighted by Crippen LogP contribution is -2.42. The second-order valence-electron chi connectivity index (χ2n) is 3.72. The SMILES string of the molecule is C[N+](C)(C)C[C@@H](O)C[13C](=O)O. The molecule has 11 heavy (non-hydrogen) atoms. The first-order chi connectivity index (χ1) is 4.81. The fourth-order valence-electron chi connectivity index (χ4n) is 0.898. The summed E-state index contributed by atoms with van der Waals surface area (Å²) in [5, 5.41) is 17.5. The van der Waals surface area contributed by atoms with E-state index in [2.05, 4.69) is 0 Å². The van der Waals surface area contributed by atoms with Crippen LogP contribution in [0.1, 0.15) is 6.42 Å². The average Bonchev–Trinajstić information content (AvgIpc) is 1.53. The minimum atomic E-state index is -0.953. The van der Waals surface area contributed by atoms with Gasteiger partial charge in [0.25, 0.3) is 0 Å². The number of carbonyl (C=O) groups is 1. The van der Waals surface area contributed by atoms with Gasteiger partial charge in [-0.15, -0.1) is 0 Å². The number of hydrogen-bond acceptors (Lipinski definition) is 2. The van der Waals surface area contributed by atoms with E-state index in [9.17, 15) is 4.79 Å². The zero-order valence-electron chi connectivity index (χ0n) is 7.24. The Bertz CT molecular complexity index is 139. The molecule has 0 aromatic carbocycles. The standard InChI is InChI=1S/C7H15NO3/c1-8(2,3)5-6(9)4-7(10)11/h6,9H,4-5H2,1-3H3/p+1/t6-/m0/s1/i7+1. The molecule has 0 rings (SSSR count). The monoisotopic (exact) mass is 163 g/mol. The Morgan fingerprint density at radius 1 is 1.45 bits per heavy atom. The smallest absolute Gasteiger partial charge is 0.306 e. The molecular formula is C7H16NO3+. The van der Waals surface area contributed by atoms with Gasteiger partial charge in [0.15, 0.2) is 0 Å². The van der Waals surface area contributed by atoms with Crippen LogP contribution in [-0.4, -0.2) is 54.5 Å². The summed E-state index contributed by atoms with van der Waals surface area (Å²) in [7, 11) is 5.72. The maximum Gasteiger partial charge on any atom is 0.306 e. The zero-order chi connectivity index (χ0) is 9.07. The highest BCUT2D eigenvalue weighted by atomic mass is 16.5. The van der Waals surface area contributed by atoms with Crippen molar-refractivity contribution in [3.8, 4) is 0 Å². The van der Waals surface area contributed by atoms with Gasteiger partial charge in [0, 0.05) is 0 Å². The molecule has 0 aliphatic carbocycles. The molecule has 4 heteroatoms. The number of nitrogens with zero attached hydrogens (tertiary/aromatic N) is 1. The quantitative estimate of drug-likeness (QED) is 0.435. The van der Waals surface area contributed by atoms with Gasteiger partial charge in [0.2, 0.25) is 0 Å². The van der Waals surface area contributed by atoms with Crippen molar-refractivity contribution in [3.05, 3.63) is 0 Å². The highest BCUT2D eigenvalue weighted by Crippen LogP contribution is 1.98. The van der Waals surface area contributed by atoms with Crippen LogP contribution >= 0.6 is 0 Å². The van der Waals surface area contributed by atoms with Gasteiger partial charge in [-0.3, -0.25) is 4.79 Å². The number of carboxylic acid groups (broad SMARTS) is 1. The normalized spacial score (nSPS) is 14.5. The first kappa shape index (κ1) is 10.4. The Hall–Kier alpha value is -0.610. The molecule has 0 saturated heterocycles. The summed E-state index contributed by atoms with van der Waals surface area (Å²) in [5.41, 5.74) is 0. The summed E-state index contributed by atoms with van der Waals surface area (Å²) in [4.78, 5) is 10.1. The highest BCUT2D eigenvalue weighted by molar-refractivity contribution is 5.67. The number of hydrogen-bond donors (Lipinski definition) is 2. The number of likely N-dealkylation sites (N-methyl/N-ethyl adjacent to an activating group) is 1. The van der Waals surface area contributed by atoms with Gasteiger partial charge < -0.3 is 14.7 Å². The van der Waals surface area contributed by atoms with E-state index in [0.717, 1.165) is 0 Å². The van der Waals surface area contributed by atoms with E-state index in [0.29, 0.717) is 11.0 Å². The molecule has 0 spiro atoms. The number of aliphatic hydroxyl groups is 1. The van der Waals surface area contributed by atoms with Crippen molar-refractivity contribution in [1.82, 2.24) is 0 Å². The van der Waals surface area contributed by atoms with Crippen molar-refractivity contribution < 1.29 is 19.5 Å². The topological polar surface area (TPSA) is 57.5 Å². The largest absolute Gasteiger partial charge is 0.481 e. The van der Waals surface area contributed by atoms with Crippen LogP contribution in [0.5, 0.6) is 0 Å². The van der Waals surface area contributed by atoms with Crippen LogP contribution in [0.25, 0.3) is 0 Å². The molecule has 4 nitrogen and oxygen atoms in total. The van der Waals surface area contributed by atoms with Crippen LogP contribution in [0.15, 0.2) is 0 Å². The number of quaternary nitrogens is 1. The molecule has 2 N–H and O–H groups in total. The van der Waals surface area contributed by atoms with Gasteiger partial charge in [0.05, 0.1) is 27.6 Å².